The molecule has 3 atom stereocenters. The Morgan fingerprint density at radius 2 is 2.05 bits per heavy atom. The summed E-state index contributed by atoms with van der Waals surface area (Å²) in [7, 11) is 0. The molecule has 0 bridgehead atoms. The molecule has 0 aliphatic heterocycles. The minimum atomic E-state index is 0.205. The van der Waals surface area contributed by atoms with Gasteiger partial charge in [-0.1, -0.05) is 19.8 Å². The summed E-state index contributed by atoms with van der Waals surface area (Å²) in [5, 5.41) is 3.72. The SMILES string of the molecule is CCC1CCC(CNC(C)(C)C)C(c2cnccc2C)C1. The summed E-state index contributed by atoms with van der Waals surface area (Å²) in [6.45, 7) is 12.5. The smallest absolute Gasteiger partial charge is 0.0305 e. The quantitative estimate of drug-likeness (QED) is 0.869. The number of hydrogen-bond acceptors (Lipinski definition) is 2. The first-order valence-corrected chi connectivity index (χ1v) is 8.56. The second-order valence-electron chi connectivity index (χ2n) is 7.82. The van der Waals surface area contributed by atoms with Crippen molar-refractivity contribution in [1.82, 2.24) is 10.3 Å². The van der Waals surface area contributed by atoms with Crippen molar-refractivity contribution in [2.75, 3.05) is 6.54 Å². The Kier molecular flexibility index (Phi) is 5.43. The van der Waals surface area contributed by atoms with Crippen molar-refractivity contribution in [3.63, 3.8) is 0 Å². The van der Waals surface area contributed by atoms with Crippen LogP contribution in [0.1, 0.15) is 70.4 Å². The summed E-state index contributed by atoms with van der Waals surface area (Å²) in [5.41, 5.74) is 3.10. The highest BCUT2D eigenvalue weighted by atomic mass is 14.9. The fourth-order valence-electron chi connectivity index (χ4n) is 3.62. The van der Waals surface area contributed by atoms with Crippen LogP contribution >= 0.6 is 0 Å². The number of nitrogens with zero attached hydrogens (tertiary/aromatic N) is 1. The third-order valence-corrected chi connectivity index (χ3v) is 5.05. The zero-order chi connectivity index (χ0) is 15.5. The molecule has 1 aliphatic rings. The van der Waals surface area contributed by atoms with Gasteiger partial charge in [0.25, 0.3) is 0 Å². The number of nitrogens with one attached hydrogen (secondary N) is 1. The van der Waals surface area contributed by atoms with Gasteiger partial charge in [0.15, 0.2) is 0 Å². The van der Waals surface area contributed by atoms with Crippen LogP contribution in [0, 0.1) is 18.8 Å². The predicted octanol–water partition coefficient (Wildman–Crippen LogP) is 4.69. The summed E-state index contributed by atoms with van der Waals surface area (Å²) < 4.78 is 0. The third kappa shape index (κ3) is 4.54. The van der Waals surface area contributed by atoms with E-state index in [4.69, 9.17) is 0 Å². The van der Waals surface area contributed by atoms with Gasteiger partial charge in [-0.15, -0.1) is 0 Å². The second kappa shape index (κ2) is 6.91. The lowest BCUT2D eigenvalue weighted by Gasteiger charge is -2.38. The first kappa shape index (κ1) is 16.5. The Labute approximate surface area is 130 Å². The molecule has 1 N–H and O–H groups in total. The molecule has 0 aromatic carbocycles. The van der Waals surface area contributed by atoms with Crippen LogP contribution in [0.15, 0.2) is 18.5 Å². The summed E-state index contributed by atoms with van der Waals surface area (Å²) in [6.07, 6.45) is 9.42. The van der Waals surface area contributed by atoms with Crippen molar-refractivity contribution >= 4 is 0 Å². The van der Waals surface area contributed by atoms with Crippen LogP contribution in [0.25, 0.3) is 0 Å². The van der Waals surface area contributed by atoms with Gasteiger partial charge < -0.3 is 5.32 Å². The molecular formula is C19H32N2. The number of hydrogen-bond donors (Lipinski definition) is 1. The molecule has 1 heterocycles. The molecule has 2 rings (SSSR count). The van der Waals surface area contributed by atoms with Crippen LogP contribution in [-0.2, 0) is 0 Å². The Morgan fingerprint density at radius 1 is 1.29 bits per heavy atom. The van der Waals surface area contributed by atoms with E-state index in [0.29, 0.717) is 5.92 Å². The van der Waals surface area contributed by atoms with E-state index in [2.05, 4.69) is 57.2 Å². The molecular weight excluding hydrogens is 256 g/mol. The van der Waals surface area contributed by atoms with Crippen LogP contribution in [0.2, 0.25) is 0 Å². The van der Waals surface area contributed by atoms with Gasteiger partial charge in [-0.3, -0.25) is 4.98 Å². The lowest BCUT2D eigenvalue weighted by atomic mass is 9.70. The average Bonchev–Trinajstić information content (AvgIpc) is 2.45. The highest BCUT2D eigenvalue weighted by molar-refractivity contribution is 5.27. The van der Waals surface area contributed by atoms with E-state index in [1.165, 1.54) is 36.8 Å². The number of pyridine rings is 1. The van der Waals surface area contributed by atoms with Gasteiger partial charge in [0.05, 0.1) is 0 Å². The van der Waals surface area contributed by atoms with E-state index in [0.717, 1.165) is 18.4 Å². The summed E-state index contributed by atoms with van der Waals surface area (Å²) in [5.74, 6) is 2.31. The fraction of sp³-hybridized carbons (Fsp3) is 0.737. The molecule has 21 heavy (non-hydrogen) atoms. The Hall–Kier alpha value is -0.890. The summed E-state index contributed by atoms with van der Waals surface area (Å²) in [6, 6.07) is 2.17. The van der Waals surface area contributed by atoms with Crippen LogP contribution in [0.4, 0.5) is 0 Å². The molecule has 118 valence electrons. The molecule has 1 fully saturated rings. The maximum absolute atomic E-state index is 4.39. The van der Waals surface area contributed by atoms with E-state index in [1.54, 1.807) is 0 Å². The highest BCUT2D eigenvalue weighted by Crippen LogP contribution is 2.42. The van der Waals surface area contributed by atoms with Gasteiger partial charge in [-0.2, -0.15) is 0 Å². The minimum absolute atomic E-state index is 0.205. The highest BCUT2D eigenvalue weighted by Gasteiger charge is 2.32. The predicted molar refractivity (Wildman–Crippen MR) is 90.6 cm³/mol. The van der Waals surface area contributed by atoms with E-state index in [1.807, 2.05) is 6.20 Å². The van der Waals surface area contributed by atoms with Crippen LogP contribution in [-0.4, -0.2) is 17.1 Å². The largest absolute Gasteiger partial charge is 0.312 e. The molecule has 0 saturated heterocycles. The first-order chi connectivity index (χ1) is 9.90. The van der Waals surface area contributed by atoms with Gasteiger partial charge >= 0.3 is 0 Å². The second-order valence-corrected chi connectivity index (χ2v) is 7.82. The van der Waals surface area contributed by atoms with Gasteiger partial charge in [0, 0.05) is 17.9 Å². The molecule has 1 aromatic rings. The maximum atomic E-state index is 4.39. The molecule has 2 heteroatoms. The number of aryl methyl sites for hydroxylation is 1. The lowest BCUT2D eigenvalue weighted by molar-refractivity contribution is 0.213. The van der Waals surface area contributed by atoms with E-state index >= 15 is 0 Å². The lowest BCUT2D eigenvalue weighted by Crippen LogP contribution is -2.41. The molecule has 1 aromatic heterocycles. The molecule has 0 amide bonds. The molecule has 1 aliphatic carbocycles. The number of rotatable bonds is 4. The topological polar surface area (TPSA) is 24.9 Å². The van der Waals surface area contributed by atoms with Crippen molar-refractivity contribution in [1.29, 1.82) is 0 Å². The van der Waals surface area contributed by atoms with E-state index in [-0.39, 0.29) is 5.54 Å². The van der Waals surface area contributed by atoms with Crippen molar-refractivity contribution < 1.29 is 0 Å². The van der Waals surface area contributed by atoms with Gasteiger partial charge in [0.1, 0.15) is 0 Å². The van der Waals surface area contributed by atoms with Crippen molar-refractivity contribution in [2.45, 2.75) is 71.8 Å². The monoisotopic (exact) mass is 288 g/mol. The van der Waals surface area contributed by atoms with E-state index in [9.17, 15) is 0 Å². The summed E-state index contributed by atoms with van der Waals surface area (Å²) >= 11 is 0. The minimum Gasteiger partial charge on any atom is -0.312 e. The van der Waals surface area contributed by atoms with Gasteiger partial charge in [0.2, 0.25) is 0 Å². The Bertz CT molecular complexity index is 447. The van der Waals surface area contributed by atoms with Crippen LogP contribution in [0.3, 0.4) is 0 Å². The van der Waals surface area contributed by atoms with Crippen molar-refractivity contribution in [3.05, 3.63) is 29.6 Å². The van der Waals surface area contributed by atoms with Gasteiger partial charge in [-0.05, 0) is 82.0 Å². The Morgan fingerprint density at radius 3 is 2.67 bits per heavy atom. The summed E-state index contributed by atoms with van der Waals surface area (Å²) in [4.78, 5) is 4.39. The third-order valence-electron chi connectivity index (χ3n) is 5.05. The zero-order valence-corrected chi connectivity index (χ0v) is 14.4. The van der Waals surface area contributed by atoms with Crippen LogP contribution in [0.5, 0.6) is 0 Å². The average molecular weight is 288 g/mol. The first-order valence-electron chi connectivity index (χ1n) is 8.56. The van der Waals surface area contributed by atoms with Crippen molar-refractivity contribution in [3.8, 4) is 0 Å². The standard InChI is InChI=1S/C19H32N2/c1-6-15-7-8-16(12-21-19(3,4)5)17(11-15)18-13-20-10-9-14(18)2/h9-10,13,15-17,21H,6-8,11-12H2,1-5H3. The van der Waals surface area contributed by atoms with Crippen LogP contribution < -0.4 is 5.32 Å². The van der Waals surface area contributed by atoms with Crippen molar-refractivity contribution in [2.24, 2.45) is 11.8 Å². The normalized spacial score (nSPS) is 26.8. The maximum Gasteiger partial charge on any atom is 0.0305 e. The number of aromatic nitrogens is 1. The van der Waals surface area contributed by atoms with Gasteiger partial charge in [-0.25, -0.2) is 0 Å². The Balaban J connectivity index is 2.16. The molecule has 3 unspecified atom stereocenters. The van der Waals surface area contributed by atoms with E-state index < -0.39 is 0 Å². The molecule has 0 radical (unpaired) electrons. The molecule has 2 nitrogen and oxygen atoms in total. The molecule has 1 saturated carbocycles. The fourth-order valence-corrected chi connectivity index (χ4v) is 3.62. The molecule has 0 spiro atoms. The zero-order valence-electron chi connectivity index (χ0n) is 14.4.